The van der Waals surface area contributed by atoms with Gasteiger partial charge in [-0.1, -0.05) is 54.2 Å². The van der Waals surface area contributed by atoms with Gasteiger partial charge in [-0.25, -0.2) is 0 Å². The second kappa shape index (κ2) is 10.1. The van der Waals surface area contributed by atoms with Crippen molar-refractivity contribution in [1.29, 1.82) is 0 Å². The second-order valence-corrected chi connectivity index (χ2v) is 8.09. The molecule has 166 valence electrons. The van der Waals surface area contributed by atoms with Crippen molar-refractivity contribution in [3.8, 4) is 22.8 Å². The number of Topliss-reactive ketones (excluding diaryl/α,β-unsaturated/α-hetero) is 1. The van der Waals surface area contributed by atoms with Gasteiger partial charge in [0.25, 0.3) is 0 Å². The molecule has 0 bridgehead atoms. The van der Waals surface area contributed by atoms with Crippen LogP contribution in [0.1, 0.15) is 17.3 Å². The maximum atomic E-state index is 12.7. The standard InChI is InChI=1S/C25H22N4O3S/c1-17(30)21-10-6-7-11-22(21)26-23(31)16-33-25-28-27-24(18-8-4-3-5-9-18)29(25)19-12-14-20(32-2)15-13-19/h3-15H,16H2,1-2H3,(H,26,31). The van der Waals surface area contributed by atoms with Crippen LogP contribution in [0.5, 0.6) is 5.75 Å². The number of nitrogens with one attached hydrogen (secondary N) is 1. The molecule has 7 nitrogen and oxygen atoms in total. The van der Waals surface area contributed by atoms with E-state index in [1.54, 1.807) is 31.4 Å². The largest absolute Gasteiger partial charge is 0.497 e. The van der Waals surface area contributed by atoms with Crippen molar-refractivity contribution in [1.82, 2.24) is 14.8 Å². The van der Waals surface area contributed by atoms with Crippen LogP contribution in [0.15, 0.2) is 84.0 Å². The highest BCUT2D eigenvalue weighted by Crippen LogP contribution is 2.29. The molecule has 0 spiro atoms. The van der Waals surface area contributed by atoms with E-state index in [9.17, 15) is 9.59 Å². The molecular weight excluding hydrogens is 436 g/mol. The van der Waals surface area contributed by atoms with Crippen LogP contribution in [-0.2, 0) is 4.79 Å². The van der Waals surface area contributed by atoms with E-state index in [0.717, 1.165) is 17.0 Å². The zero-order valence-electron chi connectivity index (χ0n) is 18.2. The Morgan fingerprint density at radius 3 is 2.33 bits per heavy atom. The number of anilines is 1. The summed E-state index contributed by atoms with van der Waals surface area (Å²) in [5.74, 6) is 1.18. The summed E-state index contributed by atoms with van der Waals surface area (Å²) in [5.41, 5.74) is 2.73. The molecule has 0 aliphatic heterocycles. The first kappa shape index (κ1) is 22.3. The lowest BCUT2D eigenvalue weighted by molar-refractivity contribution is -0.113. The third-order valence-corrected chi connectivity index (χ3v) is 5.84. The number of para-hydroxylation sites is 1. The van der Waals surface area contributed by atoms with E-state index >= 15 is 0 Å². The highest BCUT2D eigenvalue weighted by atomic mass is 32.2. The molecular formula is C25H22N4O3S. The molecule has 0 radical (unpaired) electrons. The van der Waals surface area contributed by atoms with Gasteiger partial charge in [0.05, 0.1) is 18.6 Å². The summed E-state index contributed by atoms with van der Waals surface area (Å²) in [6, 6.07) is 24.3. The van der Waals surface area contributed by atoms with Crippen molar-refractivity contribution in [3.63, 3.8) is 0 Å². The number of rotatable bonds is 8. The zero-order valence-corrected chi connectivity index (χ0v) is 19.0. The quantitative estimate of drug-likeness (QED) is 0.299. The smallest absolute Gasteiger partial charge is 0.234 e. The Labute approximate surface area is 195 Å². The summed E-state index contributed by atoms with van der Waals surface area (Å²) < 4.78 is 7.18. The molecule has 0 saturated heterocycles. The van der Waals surface area contributed by atoms with E-state index in [-0.39, 0.29) is 17.4 Å². The van der Waals surface area contributed by atoms with Gasteiger partial charge < -0.3 is 10.1 Å². The molecule has 0 unspecified atom stereocenters. The van der Waals surface area contributed by atoms with Crippen LogP contribution in [0, 0.1) is 0 Å². The molecule has 3 aromatic carbocycles. The van der Waals surface area contributed by atoms with Gasteiger partial charge in [0.1, 0.15) is 5.75 Å². The fraction of sp³-hybridized carbons (Fsp3) is 0.120. The van der Waals surface area contributed by atoms with Crippen molar-refractivity contribution >= 4 is 29.1 Å². The van der Waals surface area contributed by atoms with Gasteiger partial charge >= 0.3 is 0 Å². The first-order valence-electron chi connectivity index (χ1n) is 10.2. The number of aromatic nitrogens is 3. The van der Waals surface area contributed by atoms with Crippen LogP contribution in [0.25, 0.3) is 17.1 Å². The normalized spacial score (nSPS) is 10.6. The fourth-order valence-corrected chi connectivity index (χ4v) is 4.07. The van der Waals surface area contributed by atoms with Crippen LogP contribution in [0.4, 0.5) is 5.69 Å². The number of carbonyl (C=O) groups is 2. The van der Waals surface area contributed by atoms with Gasteiger partial charge in [-0.15, -0.1) is 10.2 Å². The summed E-state index contributed by atoms with van der Waals surface area (Å²) >= 11 is 1.27. The summed E-state index contributed by atoms with van der Waals surface area (Å²) in [5, 5.41) is 12.1. The lowest BCUT2D eigenvalue weighted by Gasteiger charge is -2.12. The van der Waals surface area contributed by atoms with Gasteiger partial charge in [0, 0.05) is 16.8 Å². The number of carbonyl (C=O) groups excluding carboxylic acids is 2. The van der Waals surface area contributed by atoms with Crippen LogP contribution in [0.3, 0.4) is 0 Å². The molecule has 1 heterocycles. The molecule has 0 fully saturated rings. The summed E-state index contributed by atoms with van der Waals surface area (Å²) in [6.45, 7) is 1.47. The van der Waals surface area contributed by atoms with E-state index in [2.05, 4.69) is 15.5 Å². The fourth-order valence-electron chi connectivity index (χ4n) is 3.32. The molecule has 0 saturated carbocycles. The third kappa shape index (κ3) is 5.12. The number of benzene rings is 3. The maximum Gasteiger partial charge on any atom is 0.234 e. The topological polar surface area (TPSA) is 86.1 Å². The van der Waals surface area contributed by atoms with Gasteiger partial charge in [-0.05, 0) is 43.3 Å². The Morgan fingerprint density at radius 2 is 1.64 bits per heavy atom. The van der Waals surface area contributed by atoms with Gasteiger partial charge in [-0.3, -0.25) is 14.2 Å². The van der Waals surface area contributed by atoms with Crippen LogP contribution < -0.4 is 10.1 Å². The second-order valence-electron chi connectivity index (χ2n) is 7.14. The summed E-state index contributed by atoms with van der Waals surface area (Å²) in [4.78, 5) is 24.5. The Bertz CT molecular complexity index is 1270. The van der Waals surface area contributed by atoms with Gasteiger partial charge in [-0.2, -0.15) is 0 Å². The van der Waals surface area contributed by atoms with E-state index in [1.807, 2.05) is 59.2 Å². The third-order valence-electron chi connectivity index (χ3n) is 4.91. The van der Waals surface area contributed by atoms with E-state index < -0.39 is 0 Å². The number of nitrogens with zero attached hydrogens (tertiary/aromatic N) is 3. The van der Waals surface area contributed by atoms with E-state index in [1.165, 1.54) is 18.7 Å². The lowest BCUT2D eigenvalue weighted by Crippen LogP contribution is -2.16. The molecule has 0 aliphatic rings. The predicted molar refractivity (Wildman–Crippen MR) is 129 cm³/mol. The Hall–Kier alpha value is -3.91. The molecule has 1 N–H and O–H groups in total. The lowest BCUT2D eigenvalue weighted by atomic mass is 10.1. The van der Waals surface area contributed by atoms with Crippen LogP contribution in [0.2, 0.25) is 0 Å². The van der Waals surface area contributed by atoms with E-state index in [4.69, 9.17) is 4.74 Å². The zero-order chi connectivity index (χ0) is 23.2. The number of ether oxygens (including phenoxy) is 1. The number of methoxy groups -OCH3 is 1. The highest BCUT2D eigenvalue weighted by Gasteiger charge is 2.18. The van der Waals surface area contributed by atoms with Gasteiger partial charge in [0.2, 0.25) is 5.91 Å². The number of thioether (sulfide) groups is 1. The minimum atomic E-state index is -0.237. The Balaban J connectivity index is 1.59. The Kier molecular flexibility index (Phi) is 6.85. The first-order valence-corrected chi connectivity index (χ1v) is 11.2. The maximum absolute atomic E-state index is 12.7. The predicted octanol–water partition coefficient (Wildman–Crippen LogP) is 4.88. The van der Waals surface area contributed by atoms with Crippen molar-refractivity contribution in [3.05, 3.63) is 84.4 Å². The van der Waals surface area contributed by atoms with E-state index in [0.29, 0.717) is 22.2 Å². The average molecular weight is 459 g/mol. The molecule has 4 rings (SSSR count). The van der Waals surface area contributed by atoms with Crippen molar-refractivity contribution in [2.45, 2.75) is 12.1 Å². The average Bonchev–Trinajstić information content (AvgIpc) is 3.27. The molecule has 0 atom stereocenters. The highest BCUT2D eigenvalue weighted by molar-refractivity contribution is 7.99. The molecule has 33 heavy (non-hydrogen) atoms. The molecule has 0 aliphatic carbocycles. The monoisotopic (exact) mass is 458 g/mol. The van der Waals surface area contributed by atoms with Crippen molar-refractivity contribution in [2.24, 2.45) is 0 Å². The molecule has 4 aromatic rings. The summed E-state index contributed by atoms with van der Waals surface area (Å²) in [7, 11) is 1.62. The number of ketones is 1. The minimum absolute atomic E-state index is 0.106. The van der Waals surface area contributed by atoms with Crippen molar-refractivity contribution < 1.29 is 14.3 Å². The molecule has 8 heteroatoms. The number of amides is 1. The molecule has 1 aromatic heterocycles. The van der Waals surface area contributed by atoms with Gasteiger partial charge in [0.15, 0.2) is 16.8 Å². The number of hydrogen-bond acceptors (Lipinski definition) is 6. The Morgan fingerprint density at radius 1 is 0.939 bits per heavy atom. The summed E-state index contributed by atoms with van der Waals surface area (Å²) in [6.07, 6.45) is 0. The SMILES string of the molecule is COc1ccc(-n2c(SCC(=O)Nc3ccccc3C(C)=O)nnc2-c2ccccc2)cc1. The van der Waals surface area contributed by atoms with Crippen LogP contribution >= 0.6 is 11.8 Å². The minimum Gasteiger partial charge on any atom is -0.497 e. The number of hydrogen-bond donors (Lipinski definition) is 1. The molecule has 1 amide bonds. The van der Waals surface area contributed by atoms with Crippen molar-refractivity contribution in [2.75, 3.05) is 18.2 Å². The van der Waals surface area contributed by atoms with Crippen LogP contribution in [-0.4, -0.2) is 39.3 Å². The first-order chi connectivity index (χ1) is 16.1.